The lowest BCUT2D eigenvalue weighted by molar-refractivity contribution is -0.124. The average Bonchev–Trinajstić information content (AvgIpc) is 2.47. The first kappa shape index (κ1) is 14.5. The number of hydrogen-bond acceptors (Lipinski definition) is 3. The van der Waals surface area contributed by atoms with Crippen molar-refractivity contribution in [2.45, 2.75) is 37.1 Å². The molecule has 0 aliphatic carbocycles. The zero-order chi connectivity index (χ0) is 15.0. The van der Waals surface area contributed by atoms with E-state index in [-0.39, 0.29) is 17.9 Å². The highest BCUT2D eigenvalue weighted by atomic mass is 32.2. The lowest BCUT2D eigenvalue weighted by Crippen LogP contribution is -2.55. The molecule has 1 aromatic rings. The van der Waals surface area contributed by atoms with Crippen LogP contribution in [0.4, 0.5) is 0 Å². The molecule has 3 rings (SSSR count). The molecule has 6 heteroatoms. The quantitative estimate of drug-likeness (QED) is 0.895. The smallest absolute Gasteiger partial charge is 0.243 e. The number of hydrogen-bond donors (Lipinski definition) is 1. The fourth-order valence-corrected chi connectivity index (χ4v) is 5.02. The van der Waals surface area contributed by atoms with E-state index in [0.29, 0.717) is 30.8 Å². The van der Waals surface area contributed by atoms with Gasteiger partial charge in [-0.1, -0.05) is 18.2 Å². The standard InChI is InChI=1S/C15H20N2O3S/c1-11-4-2-3-5-14(11)21(19,20)17-9-8-13-12(10-17)6-7-15(18)16-13/h2-5,12-13H,6-10H2,1H3,(H,16,18). The number of rotatable bonds is 2. The Morgan fingerprint density at radius 3 is 2.76 bits per heavy atom. The first-order chi connectivity index (χ1) is 9.98. The molecular weight excluding hydrogens is 288 g/mol. The third-order valence-corrected chi connectivity index (χ3v) is 6.52. The minimum Gasteiger partial charge on any atom is -0.353 e. The van der Waals surface area contributed by atoms with Crippen LogP contribution >= 0.6 is 0 Å². The van der Waals surface area contributed by atoms with E-state index >= 15 is 0 Å². The van der Waals surface area contributed by atoms with Crippen molar-refractivity contribution < 1.29 is 13.2 Å². The Bertz CT molecular complexity index is 657. The molecule has 2 fully saturated rings. The summed E-state index contributed by atoms with van der Waals surface area (Å²) in [5.41, 5.74) is 0.775. The fraction of sp³-hybridized carbons (Fsp3) is 0.533. The number of carbonyl (C=O) groups excluding carboxylic acids is 1. The van der Waals surface area contributed by atoms with Gasteiger partial charge in [0.15, 0.2) is 0 Å². The number of fused-ring (bicyclic) bond motifs is 1. The van der Waals surface area contributed by atoms with Gasteiger partial charge >= 0.3 is 0 Å². The highest BCUT2D eigenvalue weighted by Gasteiger charge is 2.38. The van der Waals surface area contributed by atoms with E-state index in [1.807, 2.05) is 19.1 Å². The molecule has 5 nitrogen and oxygen atoms in total. The summed E-state index contributed by atoms with van der Waals surface area (Å²) in [7, 11) is -3.44. The third kappa shape index (κ3) is 2.70. The normalized spacial score (nSPS) is 27.0. The van der Waals surface area contributed by atoms with Crippen LogP contribution in [0, 0.1) is 12.8 Å². The number of amides is 1. The summed E-state index contributed by atoms with van der Waals surface area (Å²) in [6.45, 7) is 2.79. The maximum atomic E-state index is 12.8. The number of nitrogens with one attached hydrogen (secondary N) is 1. The largest absolute Gasteiger partial charge is 0.353 e. The SMILES string of the molecule is Cc1ccccc1S(=O)(=O)N1CCC2NC(=O)CCC2C1. The molecule has 21 heavy (non-hydrogen) atoms. The topological polar surface area (TPSA) is 66.5 Å². The molecule has 2 aliphatic rings. The van der Waals surface area contributed by atoms with E-state index in [1.54, 1.807) is 16.4 Å². The van der Waals surface area contributed by atoms with Crippen LogP contribution in [-0.4, -0.2) is 37.8 Å². The molecule has 0 radical (unpaired) electrons. The van der Waals surface area contributed by atoms with Crippen LogP contribution in [0.3, 0.4) is 0 Å². The lowest BCUT2D eigenvalue weighted by Gasteiger charge is -2.40. The highest BCUT2D eigenvalue weighted by Crippen LogP contribution is 2.29. The van der Waals surface area contributed by atoms with Crippen molar-refractivity contribution in [3.63, 3.8) is 0 Å². The summed E-state index contributed by atoms with van der Waals surface area (Å²) in [4.78, 5) is 11.8. The molecule has 2 atom stereocenters. The molecule has 2 aliphatic heterocycles. The number of benzene rings is 1. The van der Waals surface area contributed by atoms with Gasteiger partial charge in [0.1, 0.15) is 0 Å². The van der Waals surface area contributed by atoms with Crippen molar-refractivity contribution in [1.82, 2.24) is 9.62 Å². The Balaban J connectivity index is 1.82. The second-order valence-corrected chi connectivity index (χ2v) is 7.80. The van der Waals surface area contributed by atoms with Crippen LogP contribution in [0.2, 0.25) is 0 Å². The maximum absolute atomic E-state index is 12.8. The Morgan fingerprint density at radius 2 is 2.00 bits per heavy atom. The number of nitrogens with zero attached hydrogens (tertiary/aromatic N) is 1. The molecular formula is C15H20N2O3S. The van der Waals surface area contributed by atoms with Gasteiger partial charge in [0.2, 0.25) is 15.9 Å². The maximum Gasteiger partial charge on any atom is 0.243 e. The summed E-state index contributed by atoms with van der Waals surface area (Å²) in [5, 5.41) is 2.98. The summed E-state index contributed by atoms with van der Waals surface area (Å²) < 4.78 is 27.1. The van der Waals surface area contributed by atoms with Gasteiger partial charge in [-0.15, -0.1) is 0 Å². The van der Waals surface area contributed by atoms with Gasteiger partial charge in [-0.05, 0) is 37.3 Å². The predicted molar refractivity (Wildman–Crippen MR) is 79.2 cm³/mol. The van der Waals surface area contributed by atoms with Gasteiger partial charge in [-0.25, -0.2) is 8.42 Å². The second-order valence-electron chi connectivity index (χ2n) is 5.89. The first-order valence-corrected chi connectivity index (χ1v) is 8.77. The minimum absolute atomic E-state index is 0.0893. The van der Waals surface area contributed by atoms with Crippen molar-refractivity contribution in [3.05, 3.63) is 29.8 Å². The lowest BCUT2D eigenvalue weighted by atomic mass is 9.86. The van der Waals surface area contributed by atoms with E-state index in [4.69, 9.17) is 0 Å². The molecule has 0 saturated carbocycles. The van der Waals surface area contributed by atoms with E-state index in [9.17, 15) is 13.2 Å². The summed E-state index contributed by atoms with van der Waals surface area (Å²) >= 11 is 0. The van der Waals surface area contributed by atoms with Gasteiger partial charge in [-0.2, -0.15) is 4.31 Å². The van der Waals surface area contributed by atoms with Gasteiger partial charge in [0.25, 0.3) is 0 Å². The van der Waals surface area contributed by atoms with E-state index in [0.717, 1.165) is 12.0 Å². The molecule has 0 bridgehead atoms. The van der Waals surface area contributed by atoms with Crippen LogP contribution in [0.1, 0.15) is 24.8 Å². The van der Waals surface area contributed by atoms with Crippen LogP contribution < -0.4 is 5.32 Å². The molecule has 0 aromatic heterocycles. The molecule has 114 valence electrons. The van der Waals surface area contributed by atoms with Crippen LogP contribution in [-0.2, 0) is 14.8 Å². The summed E-state index contributed by atoms with van der Waals surface area (Å²) in [5.74, 6) is 0.321. The van der Waals surface area contributed by atoms with Crippen molar-refractivity contribution in [2.75, 3.05) is 13.1 Å². The first-order valence-electron chi connectivity index (χ1n) is 7.33. The Labute approximate surface area is 125 Å². The van der Waals surface area contributed by atoms with Crippen molar-refractivity contribution >= 4 is 15.9 Å². The highest BCUT2D eigenvalue weighted by molar-refractivity contribution is 7.89. The molecule has 0 spiro atoms. The zero-order valence-electron chi connectivity index (χ0n) is 12.1. The number of piperidine rings is 2. The number of sulfonamides is 1. The van der Waals surface area contributed by atoms with Crippen LogP contribution in [0.15, 0.2) is 29.2 Å². The minimum atomic E-state index is -3.44. The molecule has 1 aromatic carbocycles. The Hall–Kier alpha value is -1.40. The molecule has 2 saturated heterocycles. The van der Waals surface area contributed by atoms with Crippen molar-refractivity contribution in [2.24, 2.45) is 5.92 Å². The van der Waals surface area contributed by atoms with E-state index < -0.39 is 10.0 Å². The fourth-order valence-electron chi connectivity index (χ4n) is 3.28. The van der Waals surface area contributed by atoms with Gasteiger partial charge < -0.3 is 5.32 Å². The molecule has 1 N–H and O–H groups in total. The van der Waals surface area contributed by atoms with Crippen LogP contribution in [0.25, 0.3) is 0 Å². The monoisotopic (exact) mass is 308 g/mol. The van der Waals surface area contributed by atoms with E-state index in [2.05, 4.69) is 5.32 Å². The molecule has 1 amide bonds. The van der Waals surface area contributed by atoms with Gasteiger partial charge in [-0.3, -0.25) is 4.79 Å². The van der Waals surface area contributed by atoms with Gasteiger partial charge in [0, 0.05) is 25.6 Å². The average molecular weight is 308 g/mol. The molecule has 2 heterocycles. The van der Waals surface area contributed by atoms with Crippen LogP contribution in [0.5, 0.6) is 0 Å². The predicted octanol–water partition coefficient (Wildman–Crippen LogP) is 1.28. The third-order valence-electron chi connectivity index (χ3n) is 4.50. The van der Waals surface area contributed by atoms with Crippen molar-refractivity contribution in [3.8, 4) is 0 Å². The summed E-state index contributed by atoms with van der Waals surface area (Å²) in [6, 6.07) is 7.22. The number of aryl methyl sites for hydroxylation is 1. The second kappa shape index (κ2) is 5.42. The number of carbonyl (C=O) groups is 1. The van der Waals surface area contributed by atoms with Crippen molar-refractivity contribution in [1.29, 1.82) is 0 Å². The van der Waals surface area contributed by atoms with Gasteiger partial charge in [0.05, 0.1) is 4.90 Å². The Kier molecular flexibility index (Phi) is 3.75. The summed E-state index contributed by atoms with van der Waals surface area (Å²) in [6.07, 6.45) is 1.97. The molecule has 2 unspecified atom stereocenters. The van der Waals surface area contributed by atoms with E-state index in [1.165, 1.54) is 0 Å². The zero-order valence-corrected chi connectivity index (χ0v) is 12.9. The Morgan fingerprint density at radius 1 is 1.24 bits per heavy atom.